The van der Waals surface area contributed by atoms with Crippen LogP contribution in [0.2, 0.25) is 5.02 Å². The molecule has 0 saturated carbocycles. The molecule has 4 N–H and O–H groups in total. The number of urea groups is 1. The van der Waals surface area contributed by atoms with Gasteiger partial charge < -0.3 is 21.3 Å². The fraction of sp³-hybridized carbons (Fsp3) is 0.0870. The van der Waals surface area contributed by atoms with E-state index in [1.807, 2.05) is 6.07 Å². The number of hydrogen-bond acceptors (Lipinski definition) is 6. The Morgan fingerprint density at radius 2 is 1.71 bits per heavy atom. The topological polar surface area (TPSA) is 121 Å². The molecule has 0 saturated heterocycles. The van der Waals surface area contributed by atoms with E-state index in [1.54, 1.807) is 31.2 Å². The third-order valence-corrected chi connectivity index (χ3v) is 4.90. The lowest BCUT2D eigenvalue weighted by Crippen LogP contribution is -2.20. The molecule has 0 aliphatic heterocycles. The molecule has 2 aromatic carbocycles. The molecule has 0 radical (unpaired) electrons. The minimum atomic E-state index is -0.574. The Kier molecular flexibility index (Phi) is 6.51. The van der Waals surface area contributed by atoms with Crippen LogP contribution < -0.4 is 21.3 Å². The second kappa shape index (κ2) is 9.67. The molecule has 2 aromatic heterocycles. The highest BCUT2D eigenvalue weighted by molar-refractivity contribution is 6.31. The van der Waals surface area contributed by atoms with Gasteiger partial charge in [-0.15, -0.1) is 0 Å². The number of halogens is 2. The summed E-state index contributed by atoms with van der Waals surface area (Å²) in [6.07, 6.45) is 1.54. The zero-order chi connectivity index (χ0) is 24.2. The monoisotopic (exact) mass is 479 g/mol. The molecule has 11 heteroatoms. The quantitative estimate of drug-likeness (QED) is 0.301. The SMILES string of the molecule is CC(=O)Nc1cccc(Nc2cnc3cc(NC(=O)Nc4ccc(F)c(Cl)c4)c(C)nc3n2)c1. The Morgan fingerprint density at radius 1 is 0.941 bits per heavy atom. The number of fused-ring (bicyclic) bond motifs is 1. The minimum absolute atomic E-state index is 0.0946. The number of pyridine rings is 1. The third-order valence-electron chi connectivity index (χ3n) is 4.61. The summed E-state index contributed by atoms with van der Waals surface area (Å²) in [6.45, 7) is 3.16. The van der Waals surface area contributed by atoms with Crippen LogP contribution in [0.15, 0.2) is 54.7 Å². The molecule has 0 aliphatic rings. The van der Waals surface area contributed by atoms with Crippen molar-refractivity contribution in [2.75, 3.05) is 21.3 Å². The molecular formula is C23H19ClFN7O2. The van der Waals surface area contributed by atoms with Gasteiger partial charge in [-0.25, -0.2) is 24.1 Å². The first-order valence-corrected chi connectivity index (χ1v) is 10.5. The van der Waals surface area contributed by atoms with Gasteiger partial charge in [0.1, 0.15) is 11.3 Å². The number of carbonyl (C=O) groups is 2. The Morgan fingerprint density at radius 3 is 2.47 bits per heavy atom. The van der Waals surface area contributed by atoms with Crippen molar-refractivity contribution in [3.8, 4) is 0 Å². The Labute approximate surface area is 198 Å². The molecule has 0 unspecified atom stereocenters. The number of nitrogens with one attached hydrogen (secondary N) is 4. The van der Waals surface area contributed by atoms with Crippen molar-refractivity contribution in [1.82, 2.24) is 15.0 Å². The van der Waals surface area contributed by atoms with Gasteiger partial charge in [0.2, 0.25) is 5.91 Å². The Bertz CT molecular complexity index is 1410. The number of anilines is 5. The molecule has 34 heavy (non-hydrogen) atoms. The molecule has 2 heterocycles. The van der Waals surface area contributed by atoms with E-state index in [-0.39, 0.29) is 10.9 Å². The molecule has 9 nitrogen and oxygen atoms in total. The summed E-state index contributed by atoms with van der Waals surface area (Å²) in [7, 11) is 0. The van der Waals surface area contributed by atoms with Gasteiger partial charge in [0.15, 0.2) is 11.5 Å². The summed E-state index contributed by atoms with van der Waals surface area (Å²) >= 11 is 5.75. The molecule has 0 spiro atoms. The standard InChI is InChI=1S/C23H19ClFN7O2/c1-12-19(31-23(34)30-16-6-7-18(25)17(24)9-16)10-20-22(27-12)32-21(11-26-20)29-15-5-3-4-14(8-15)28-13(2)33/h3-11H,1-2H3,(H,28,33)(H,27,29,32)(H2,30,31,34). The first-order chi connectivity index (χ1) is 16.3. The number of aromatic nitrogens is 3. The van der Waals surface area contributed by atoms with E-state index < -0.39 is 11.8 Å². The molecule has 0 aliphatic carbocycles. The average molecular weight is 480 g/mol. The second-order valence-corrected chi connectivity index (χ2v) is 7.72. The number of carbonyl (C=O) groups excluding carboxylic acids is 2. The van der Waals surface area contributed by atoms with Crippen LogP contribution in [-0.4, -0.2) is 26.9 Å². The molecule has 4 aromatic rings. The molecule has 0 bridgehead atoms. The van der Waals surface area contributed by atoms with Crippen molar-refractivity contribution < 1.29 is 14.0 Å². The van der Waals surface area contributed by atoms with Gasteiger partial charge in [0, 0.05) is 24.0 Å². The van der Waals surface area contributed by atoms with Crippen molar-refractivity contribution >= 4 is 63.3 Å². The zero-order valence-electron chi connectivity index (χ0n) is 18.1. The first-order valence-electron chi connectivity index (χ1n) is 10.1. The lowest BCUT2D eigenvalue weighted by Gasteiger charge is -2.12. The van der Waals surface area contributed by atoms with E-state index in [9.17, 15) is 14.0 Å². The van der Waals surface area contributed by atoms with Gasteiger partial charge in [0.25, 0.3) is 0 Å². The number of hydrogen-bond donors (Lipinski definition) is 4. The molecule has 172 valence electrons. The first kappa shape index (κ1) is 22.9. The normalized spacial score (nSPS) is 10.6. The Hall–Kier alpha value is -4.31. The number of benzene rings is 2. The third kappa shape index (κ3) is 5.54. The van der Waals surface area contributed by atoms with Crippen molar-refractivity contribution in [2.24, 2.45) is 0 Å². The maximum atomic E-state index is 13.3. The fourth-order valence-electron chi connectivity index (χ4n) is 3.10. The minimum Gasteiger partial charge on any atom is -0.339 e. The van der Waals surface area contributed by atoms with E-state index in [0.717, 1.165) is 6.07 Å². The largest absolute Gasteiger partial charge is 0.339 e. The molecule has 3 amide bonds. The number of aryl methyl sites for hydroxylation is 1. The summed E-state index contributed by atoms with van der Waals surface area (Å²) < 4.78 is 13.3. The molecular weight excluding hydrogens is 461 g/mol. The van der Waals surface area contributed by atoms with Crippen LogP contribution in [0.5, 0.6) is 0 Å². The van der Waals surface area contributed by atoms with Gasteiger partial charge in [-0.3, -0.25) is 4.79 Å². The lowest BCUT2D eigenvalue weighted by molar-refractivity contribution is -0.114. The van der Waals surface area contributed by atoms with Gasteiger partial charge in [-0.1, -0.05) is 17.7 Å². The van der Waals surface area contributed by atoms with Crippen LogP contribution in [0, 0.1) is 12.7 Å². The Balaban J connectivity index is 1.49. The molecule has 0 fully saturated rings. The van der Waals surface area contributed by atoms with Gasteiger partial charge >= 0.3 is 6.03 Å². The van der Waals surface area contributed by atoms with E-state index in [2.05, 4.69) is 36.2 Å². The summed E-state index contributed by atoms with van der Waals surface area (Å²) in [5.74, 6) is -0.275. The maximum Gasteiger partial charge on any atom is 0.323 e. The predicted molar refractivity (Wildman–Crippen MR) is 130 cm³/mol. The van der Waals surface area contributed by atoms with Crippen molar-refractivity contribution in [2.45, 2.75) is 13.8 Å². The van der Waals surface area contributed by atoms with Crippen LogP contribution in [0.25, 0.3) is 11.2 Å². The van der Waals surface area contributed by atoms with Crippen LogP contribution >= 0.6 is 11.6 Å². The van der Waals surface area contributed by atoms with Crippen molar-refractivity contribution in [1.29, 1.82) is 0 Å². The molecule has 0 atom stereocenters. The summed E-state index contributed by atoms with van der Waals surface area (Å²) in [4.78, 5) is 36.9. The smallest absolute Gasteiger partial charge is 0.323 e. The van der Waals surface area contributed by atoms with Crippen LogP contribution in [0.1, 0.15) is 12.6 Å². The van der Waals surface area contributed by atoms with Crippen molar-refractivity contribution in [3.05, 3.63) is 71.3 Å². The lowest BCUT2D eigenvalue weighted by atomic mass is 10.2. The van der Waals surface area contributed by atoms with Crippen LogP contribution in [0.4, 0.5) is 37.8 Å². The molecule has 4 rings (SSSR count). The van der Waals surface area contributed by atoms with Gasteiger partial charge in [0.05, 0.1) is 22.6 Å². The van der Waals surface area contributed by atoms with E-state index in [4.69, 9.17) is 11.6 Å². The highest BCUT2D eigenvalue weighted by Gasteiger charge is 2.11. The fourth-order valence-corrected chi connectivity index (χ4v) is 3.28. The van der Waals surface area contributed by atoms with Crippen LogP contribution in [-0.2, 0) is 4.79 Å². The van der Waals surface area contributed by atoms with Crippen LogP contribution in [0.3, 0.4) is 0 Å². The number of amides is 3. The summed E-state index contributed by atoms with van der Waals surface area (Å²) in [5, 5.41) is 11.0. The van der Waals surface area contributed by atoms with Crippen molar-refractivity contribution in [3.63, 3.8) is 0 Å². The van der Waals surface area contributed by atoms with E-state index in [1.165, 1.54) is 25.3 Å². The number of nitrogens with zero attached hydrogens (tertiary/aromatic N) is 3. The maximum absolute atomic E-state index is 13.3. The highest BCUT2D eigenvalue weighted by atomic mass is 35.5. The average Bonchev–Trinajstić information content (AvgIpc) is 2.77. The van der Waals surface area contributed by atoms with Gasteiger partial charge in [-0.05, 0) is 49.4 Å². The van der Waals surface area contributed by atoms with E-state index in [0.29, 0.717) is 45.4 Å². The van der Waals surface area contributed by atoms with E-state index >= 15 is 0 Å². The summed E-state index contributed by atoms with van der Waals surface area (Å²) in [6, 6.07) is 12.2. The highest BCUT2D eigenvalue weighted by Crippen LogP contribution is 2.23. The second-order valence-electron chi connectivity index (χ2n) is 7.31. The summed E-state index contributed by atoms with van der Waals surface area (Å²) in [5.41, 5.74) is 3.54. The number of rotatable bonds is 5. The van der Waals surface area contributed by atoms with Gasteiger partial charge in [-0.2, -0.15) is 0 Å². The zero-order valence-corrected chi connectivity index (χ0v) is 18.9. The predicted octanol–water partition coefficient (Wildman–Crippen LogP) is 5.47.